The average Bonchev–Trinajstić information content (AvgIpc) is 2.82. The van der Waals surface area contributed by atoms with Crippen LogP contribution in [0.1, 0.15) is 44.5 Å². The number of rotatable bonds is 4. The highest BCUT2D eigenvalue weighted by Gasteiger charge is 2.16. The van der Waals surface area contributed by atoms with E-state index in [0.29, 0.717) is 11.5 Å². The zero-order valence-corrected chi connectivity index (χ0v) is 20.2. The molecule has 5 aromatic rings. The zero-order valence-electron chi connectivity index (χ0n) is 20.2. The second-order valence-corrected chi connectivity index (χ2v) is 9.56. The highest BCUT2D eigenvalue weighted by atomic mass is 16.3. The summed E-state index contributed by atoms with van der Waals surface area (Å²) < 4.78 is 0. The molecular formula is C32H30O2. The van der Waals surface area contributed by atoms with Crippen LogP contribution in [0.5, 0.6) is 11.5 Å². The van der Waals surface area contributed by atoms with Crippen molar-refractivity contribution in [3.63, 3.8) is 0 Å². The molecule has 5 aromatic carbocycles. The summed E-state index contributed by atoms with van der Waals surface area (Å²) >= 11 is 0. The van der Waals surface area contributed by atoms with Gasteiger partial charge in [-0.1, -0.05) is 72.8 Å². The summed E-state index contributed by atoms with van der Waals surface area (Å²) in [7, 11) is 0. The molecule has 0 aliphatic rings. The second-order valence-electron chi connectivity index (χ2n) is 9.56. The summed E-state index contributed by atoms with van der Waals surface area (Å²) in [5, 5.41) is 25.6. The maximum absolute atomic E-state index is 10.3. The van der Waals surface area contributed by atoms with Crippen LogP contribution in [-0.2, 0) is 12.8 Å². The minimum absolute atomic E-state index is 0.383. The molecule has 2 nitrogen and oxygen atoms in total. The Labute approximate surface area is 201 Å². The largest absolute Gasteiger partial charge is 0.507 e. The molecule has 0 radical (unpaired) electrons. The number of hydrogen-bond acceptors (Lipinski definition) is 2. The van der Waals surface area contributed by atoms with E-state index >= 15 is 0 Å². The standard InChI is InChI=1S/C32H30O2/c1-19-13-23(14-20(2)31(19)33)17-29-25-9-5-7-11-27(25)30(28-12-8-6-10-26(28)29)18-24-15-21(3)32(34)22(4)16-24/h5-16,33-34H,17-18H2,1-4H3. The lowest BCUT2D eigenvalue weighted by atomic mass is 9.86. The molecule has 34 heavy (non-hydrogen) atoms. The first-order chi connectivity index (χ1) is 16.3. The van der Waals surface area contributed by atoms with Gasteiger partial charge in [0.2, 0.25) is 0 Å². The Balaban J connectivity index is 1.73. The third-order valence-corrected chi connectivity index (χ3v) is 7.02. The van der Waals surface area contributed by atoms with Gasteiger partial charge in [-0.2, -0.15) is 0 Å². The van der Waals surface area contributed by atoms with Gasteiger partial charge in [0.15, 0.2) is 0 Å². The fourth-order valence-electron chi connectivity index (χ4n) is 5.39. The molecule has 0 amide bonds. The van der Waals surface area contributed by atoms with Crippen LogP contribution in [0.3, 0.4) is 0 Å². The Hall–Kier alpha value is -3.78. The summed E-state index contributed by atoms with van der Waals surface area (Å²) in [4.78, 5) is 0. The molecule has 0 spiro atoms. The maximum atomic E-state index is 10.3. The van der Waals surface area contributed by atoms with Gasteiger partial charge in [0, 0.05) is 0 Å². The molecule has 2 N–H and O–H groups in total. The van der Waals surface area contributed by atoms with Crippen molar-refractivity contribution in [2.75, 3.05) is 0 Å². The van der Waals surface area contributed by atoms with Crippen molar-refractivity contribution in [1.29, 1.82) is 0 Å². The highest BCUT2D eigenvalue weighted by molar-refractivity contribution is 6.06. The van der Waals surface area contributed by atoms with Crippen LogP contribution in [0.4, 0.5) is 0 Å². The normalized spacial score (nSPS) is 11.4. The molecule has 5 rings (SSSR count). The van der Waals surface area contributed by atoms with Gasteiger partial charge in [-0.05, 0) is 107 Å². The minimum atomic E-state index is 0.383. The predicted octanol–water partition coefficient (Wildman–Crippen LogP) is 7.82. The quantitative estimate of drug-likeness (QED) is 0.276. The zero-order chi connectivity index (χ0) is 24.0. The summed E-state index contributed by atoms with van der Waals surface area (Å²) in [6.45, 7) is 7.86. The first kappa shape index (κ1) is 22.0. The molecule has 0 aliphatic heterocycles. The van der Waals surface area contributed by atoms with Gasteiger partial charge in [0.1, 0.15) is 11.5 Å². The van der Waals surface area contributed by atoms with E-state index in [1.165, 1.54) is 43.8 Å². The molecule has 0 saturated carbocycles. The lowest BCUT2D eigenvalue weighted by molar-refractivity contribution is 0.466. The van der Waals surface area contributed by atoms with E-state index in [9.17, 15) is 10.2 Å². The maximum Gasteiger partial charge on any atom is 0.121 e. The fourth-order valence-corrected chi connectivity index (χ4v) is 5.39. The Morgan fingerprint density at radius 3 is 1.00 bits per heavy atom. The number of aryl methyl sites for hydroxylation is 4. The van der Waals surface area contributed by atoms with E-state index in [0.717, 1.165) is 35.1 Å². The Morgan fingerprint density at radius 2 is 0.735 bits per heavy atom. The van der Waals surface area contributed by atoms with Crippen LogP contribution in [0, 0.1) is 27.7 Å². The first-order valence-electron chi connectivity index (χ1n) is 11.8. The number of hydrogen-bond donors (Lipinski definition) is 2. The van der Waals surface area contributed by atoms with Crippen molar-refractivity contribution in [3.05, 3.63) is 117 Å². The van der Waals surface area contributed by atoms with Crippen molar-refractivity contribution < 1.29 is 10.2 Å². The van der Waals surface area contributed by atoms with E-state index in [1.54, 1.807) is 0 Å². The van der Waals surface area contributed by atoms with Gasteiger partial charge in [-0.15, -0.1) is 0 Å². The van der Waals surface area contributed by atoms with Gasteiger partial charge in [-0.25, -0.2) is 0 Å². The smallest absolute Gasteiger partial charge is 0.121 e. The lowest BCUT2D eigenvalue weighted by Crippen LogP contribution is -1.99. The van der Waals surface area contributed by atoms with Crippen LogP contribution < -0.4 is 0 Å². The average molecular weight is 447 g/mol. The molecule has 0 aromatic heterocycles. The predicted molar refractivity (Wildman–Crippen MR) is 142 cm³/mol. The number of phenolic OH excluding ortho intramolecular Hbond substituents is 2. The topological polar surface area (TPSA) is 40.5 Å². The summed E-state index contributed by atoms with van der Waals surface area (Å²) in [5.41, 5.74) is 8.71. The number of benzene rings is 5. The van der Waals surface area contributed by atoms with Crippen molar-refractivity contribution >= 4 is 21.5 Å². The number of fused-ring (bicyclic) bond motifs is 2. The molecule has 0 fully saturated rings. The van der Waals surface area contributed by atoms with Gasteiger partial charge in [0.25, 0.3) is 0 Å². The van der Waals surface area contributed by atoms with E-state index in [-0.39, 0.29) is 0 Å². The number of phenols is 2. The van der Waals surface area contributed by atoms with Crippen molar-refractivity contribution in [3.8, 4) is 11.5 Å². The van der Waals surface area contributed by atoms with Gasteiger partial charge in [-0.3, -0.25) is 0 Å². The van der Waals surface area contributed by atoms with E-state index < -0.39 is 0 Å². The third-order valence-electron chi connectivity index (χ3n) is 7.02. The minimum Gasteiger partial charge on any atom is -0.507 e. The summed E-state index contributed by atoms with van der Waals surface area (Å²) in [5.74, 6) is 0.765. The molecule has 0 bridgehead atoms. The van der Waals surface area contributed by atoms with Gasteiger partial charge in [0.05, 0.1) is 0 Å². The molecule has 2 heteroatoms. The van der Waals surface area contributed by atoms with Gasteiger partial charge < -0.3 is 10.2 Å². The SMILES string of the molecule is Cc1cc(Cc2c3ccccc3c(Cc3cc(C)c(O)c(C)c3)c3ccccc23)cc(C)c1O. The van der Waals surface area contributed by atoms with Crippen LogP contribution in [0.25, 0.3) is 21.5 Å². The Kier molecular flexibility index (Phi) is 5.53. The molecule has 170 valence electrons. The van der Waals surface area contributed by atoms with Crippen LogP contribution in [0.15, 0.2) is 72.8 Å². The number of aromatic hydroxyl groups is 2. The third kappa shape index (κ3) is 3.80. The lowest BCUT2D eigenvalue weighted by Gasteiger charge is -2.18. The summed E-state index contributed by atoms with van der Waals surface area (Å²) in [6.07, 6.45) is 1.61. The van der Waals surface area contributed by atoms with Crippen molar-refractivity contribution in [1.82, 2.24) is 0 Å². The molecule has 0 aliphatic carbocycles. The summed E-state index contributed by atoms with van der Waals surface area (Å²) in [6, 6.07) is 25.8. The molecular weight excluding hydrogens is 416 g/mol. The van der Waals surface area contributed by atoms with E-state index in [2.05, 4.69) is 72.8 Å². The monoisotopic (exact) mass is 446 g/mol. The first-order valence-corrected chi connectivity index (χ1v) is 11.8. The van der Waals surface area contributed by atoms with Crippen molar-refractivity contribution in [2.24, 2.45) is 0 Å². The Morgan fingerprint density at radius 1 is 0.471 bits per heavy atom. The van der Waals surface area contributed by atoms with E-state index in [4.69, 9.17) is 0 Å². The van der Waals surface area contributed by atoms with E-state index in [1.807, 2.05) is 27.7 Å². The Bertz CT molecular complexity index is 1340. The molecule has 0 heterocycles. The molecule has 0 atom stereocenters. The highest BCUT2D eigenvalue weighted by Crippen LogP contribution is 2.37. The van der Waals surface area contributed by atoms with Crippen LogP contribution in [0.2, 0.25) is 0 Å². The van der Waals surface area contributed by atoms with Crippen LogP contribution in [-0.4, -0.2) is 10.2 Å². The molecule has 0 unspecified atom stereocenters. The second kappa shape index (κ2) is 8.53. The molecule has 0 saturated heterocycles. The van der Waals surface area contributed by atoms with Crippen LogP contribution >= 0.6 is 0 Å². The van der Waals surface area contributed by atoms with Crippen molar-refractivity contribution in [2.45, 2.75) is 40.5 Å². The fraction of sp³-hybridized carbons (Fsp3) is 0.188. The van der Waals surface area contributed by atoms with Gasteiger partial charge >= 0.3 is 0 Å².